The second-order valence-corrected chi connectivity index (χ2v) is 11.8. The molecule has 4 aromatic carbocycles. The molecule has 0 unspecified atom stereocenters. The van der Waals surface area contributed by atoms with Crippen molar-refractivity contribution in [3.8, 4) is 34.1 Å². The minimum atomic E-state index is 0.0858. The van der Waals surface area contributed by atoms with Crippen molar-refractivity contribution >= 4 is 11.6 Å². The number of amides is 1. The third-order valence-electron chi connectivity index (χ3n) is 8.57. The number of rotatable bonds is 11. The lowest BCUT2D eigenvalue weighted by atomic mass is 10.00. The Morgan fingerprint density at radius 2 is 1.51 bits per heavy atom. The van der Waals surface area contributed by atoms with Gasteiger partial charge in [-0.2, -0.15) is 0 Å². The molecule has 0 fully saturated rings. The number of hydrogen-bond acceptors (Lipinski definition) is 5. The lowest BCUT2D eigenvalue weighted by molar-refractivity contribution is -0.116. The minimum absolute atomic E-state index is 0.0858. The maximum absolute atomic E-state index is 12.0. The molecule has 7 rings (SSSR count). The molecule has 0 radical (unpaired) electrons. The van der Waals surface area contributed by atoms with Crippen molar-refractivity contribution in [3.05, 3.63) is 119 Å². The summed E-state index contributed by atoms with van der Waals surface area (Å²) >= 11 is 0. The number of aromatic nitrogens is 2. The van der Waals surface area contributed by atoms with E-state index in [0.29, 0.717) is 13.0 Å². The molecule has 228 valence electrons. The Morgan fingerprint density at radius 1 is 0.800 bits per heavy atom. The Bertz CT molecular complexity index is 1800. The maximum atomic E-state index is 12.0. The van der Waals surface area contributed by atoms with Gasteiger partial charge in [-0.25, -0.2) is 4.98 Å². The van der Waals surface area contributed by atoms with Crippen LogP contribution in [0.4, 0.5) is 5.69 Å². The number of carbonyl (C=O) groups excluding carboxylic acids is 1. The molecule has 0 saturated carbocycles. The first-order chi connectivity index (χ1) is 22.1. The van der Waals surface area contributed by atoms with Crippen LogP contribution in [0.5, 0.6) is 11.5 Å². The second-order valence-electron chi connectivity index (χ2n) is 11.8. The number of anilines is 1. The molecule has 7 nitrogen and oxygen atoms in total. The lowest BCUT2D eigenvalue weighted by Crippen LogP contribution is -2.25. The molecule has 5 aromatic rings. The Hall–Kier alpha value is -4.88. The number of imidazole rings is 1. The summed E-state index contributed by atoms with van der Waals surface area (Å²) in [4.78, 5) is 19.8. The Balaban J connectivity index is 1.30. The van der Waals surface area contributed by atoms with Crippen molar-refractivity contribution in [2.45, 2.75) is 58.8 Å². The number of benzene rings is 4. The molecular formula is C38H38N4O3. The number of fused-ring (bicyclic) bond motifs is 2. The highest BCUT2D eigenvalue weighted by atomic mass is 16.7. The van der Waals surface area contributed by atoms with Crippen molar-refractivity contribution in [1.29, 1.82) is 0 Å². The fourth-order valence-electron chi connectivity index (χ4n) is 6.31. The topological polar surface area (TPSA) is 68.6 Å². The van der Waals surface area contributed by atoms with Crippen molar-refractivity contribution < 1.29 is 14.3 Å². The van der Waals surface area contributed by atoms with Gasteiger partial charge in [-0.05, 0) is 47.7 Å². The molecule has 45 heavy (non-hydrogen) atoms. The zero-order valence-corrected chi connectivity index (χ0v) is 25.7. The number of nitrogens with zero attached hydrogens (tertiary/aromatic N) is 3. The Kier molecular flexibility index (Phi) is 8.34. The van der Waals surface area contributed by atoms with E-state index in [0.717, 1.165) is 84.3 Å². The molecule has 0 aliphatic carbocycles. The standard InChI is InChI=1S/C38H38N4O3/c1-2-3-20-42-33(37(29-10-6-4-7-11-29)40-38(42)30-12-8-5-9-13-30)25-41(24-28-15-18-34-35(22-28)45-26-44-34)23-27-14-17-32-31(21-27)16-19-36(43)39-32/h4-15,17-18,21-22H,2-3,16,19-20,23-26H2,1H3,(H,39,43). The van der Waals surface area contributed by atoms with Gasteiger partial charge < -0.3 is 19.4 Å². The van der Waals surface area contributed by atoms with Gasteiger partial charge >= 0.3 is 0 Å². The first kappa shape index (κ1) is 28.9. The van der Waals surface area contributed by atoms with Crippen LogP contribution < -0.4 is 14.8 Å². The number of nitrogens with one attached hydrogen (secondary N) is 1. The molecule has 7 heteroatoms. The van der Waals surface area contributed by atoms with E-state index in [1.165, 1.54) is 16.8 Å². The van der Waals surface area contributed by atoms with E-state index in [2.05, 4.69) is 113 Å². The highest BCUT2D eigenvalue weighted by Gasteiger charge is 2.23. The predicted octanol–water partition coefficient (Wildman–Crippen LogP) is 7.83. The quantitative estimate of drug-likeness (QED) is 0.168. The average molecular weight is 599 g/mol. The van der Waals surface area contributed by atoms with Gasteiger partial charge in [0.2, 0.25) is 12.7 Å². The highest BCUT2D eigenvalue weighted by Crippen LogP contribution is 2.35. The Labute approximate surface area is 264 Å². The zero-order chi connectivity index (χ0) is 30.6. The van der Waals surface area contributed by atoms with Crippen molar-refractivity contribution in [3.63, 3.8) is 0 Å². The predicted molar refractivity (Wildman–Crippen MR) is 177 cm³/mol. The van der Waals surface area contributed by atoms with Crippen LogP contribution in [0.1, 0.15) is 48.6 Å². The van der Waals surface area contributed by atoms with Gasteiger partial charge in [0.1, 0.15) is 5.82 Å². The summed E-state index contributed by atoms with van der Waals surface area (Å²) in [6.45, 7) is 5.55. The summed E-state index contributed by atoms with van der Waals surface area (Å²) in [6, 6.07) is 33.7. The summed E-state index contributed by atoms with van der Waals surface area (Å²) in [7, 11) is 0. The first-order valence-electron chi connectivity index (χ1n) is 15.9. The number of aryl methyl sites for hydroxylation is 1. The maximum Gasteiger partial charge on any atom is 0.231 e. The van der Waals surface area contributed by atoms with Crippen LogP contribution in [-0.2, 0) is 37.4 Å². The summed E-state index contributed by atoms with van der Waals surface area (Å²) in [5.74, 6) is 2.67. The molecular weight excluding hydrogens is 560 g/mol. The zero-order valence-electron chi connectivity index (χ0n) is 25.7. The van der Waals surface area contributed by atoms with Crippen LogP contribution in [0.2, 0.25) is 0 Å². The molecule has 0 spiro atoms. The third-order valence-corrected chi connectivity index (χ3v) is 8.57. The van der Waals surface area contributed by atoms with Crippen LogP contribution in [0.25, 0.3) is 22.6 Å². The van der Waals surface area contributed by atoms with Crippen LogP contribution in [-0.4, -0.2) is 27.2 Å². The highest BCUT2D eigenvalue weighted by molar-refractivity contribution is 5.93. The SMILES string of the molecule is CCCCn1c(-c2ccccc2)nc(-c2ccccc2)c1CN(Cc1ccc2c(c1)CCC(=O)N2)Cc1ccc2c(c1)OCO2. The third kappa shape index (κ3) is 6.35. The number of carbonyl (C=O) groups is 1. The molecule has 1 amide bonds. The average Bonchev–Trinajstić information content (AvgIpc) is 3.69. The van der Waals surface area contributed by atoms with Gasteiger partial charge in [-0.15, -0.1) is 0 Å². The normalized spacial score (nSPS) is 13.6. The van der Waals surface area contributed by atoms with E-state index >= 15 is 0 Å². The van der Waals surface area contributed by atoms with Crippen molar-refractivity contribution in [1.82, 2.24) is 14.5 Å². The summed E-state index contributed by atoms with van der Waals surface area (Å²) in [6.07, 6.45) is 3.45. The molecule has 1 aromatic heterocycles. The number of unbranched alkanes of at least 4 members (excludes halogenated alkanes) is 1. The number of hydrogen-bond donors (Lipinski definition) is 1. The van der Waals surface area contributed by atoms with Crippen LogP contribution in [0.15, 0.2) is 97.1 Å². The van der Waals surface area contributed by atoms with Crippen molar-refractivity contribution in [2.24, 2.45) is 0 Å². The molecule has 0 saturated heterocycles. The van der Waals surface area contributed by atoms with Crippen molar-refractivity contribution in [2.75, 3.05) is 12.1 Å². The fraction of sp³-hybridized carbons (Fsp3) is 0.263. The van der Waals surface area contributed by atoms with Gasteiger partial charge in [-0.3, -0.25) is 9.69 Å². The van der Waals surface area contributed by atoms with E-state index in [4.69, 9.17) is 14.5 Å². The molecule has 0 atom stereocenters. The van der Waals surface area contributed by atoms with Gasteiger partial charge in [0, 0.05) is 49.4 Å². The summed E-state index contributed by atoms with van der Waals surface area (Å²) < 4.78 is 13.8. The largest absolute Gasteiger partial charge is 0.454 e. The molecule has 3 heterocycles. The molecule has 2 aliphatic heterocycles. The Morgan fingerprint density at radius 3 is 2.29 bits per heavy atom. The molecule has 0 bridgehead atoms. The summed E-state index contributed by atoms with van der Waals surface area (Å²) in [5.41, 5.74) is 8.97. The van der Waals surface area contributed by atoms with Gasteiger partial charge in [0.25, 0.3) is 0 Å². The van der Waals surface area contributed by atoms with Crippen LogP contribution >= 0.6 is 0 Å². The lowest BCUT2D eigenvalue weighted by Gasteiger charge is -2.26. The van der Waals surface area contributed by atoms with Gasteiger partial charge in [0.15, 0.2) is 11.5 Å². The van der Waals surface area contributed by atoms with Gasteiger partial charge in [-0.1, -0.05) is 92.2 Å². The van der Waals surface area contributed by atoms with E-state index in [1.54, 1.807) is 0 Å². The first-order valence-corrected chi connectivity index (χ1v) is 15.9. The van der Waals surface area contributed by atoms with E-state index in [9.17, 15) is 4.79 Å². The molecule has 2 aliphatic rings. The smallest absolute Gasteiger partial charge is 0.231 e. The van der Waals surface area contributed by atoms with Crippen LogP contribution in [0.3, 0.4) is 0 Å². The van der Waals surface area contributed by atoms with E-state index in [-0.39, 0.29) is 12.7 Å². The fourth-order valence-corrected chi connectivity index (χ4v) is 6.31. The van der Waals surface area contributed by atoms with E-state index < -0.39 is 0 Å². The molecule has 1 N–H and O–H groups in total. The monoisotopic (exact) mass is 598 g/mol. The van der Waals surface area contributed by atoms with Gasteiger partial charge in [0.05, 0.1) is 11.4 Å². The minimum Gasteiger partial charge on any atom is -0.454 e. The second kappa shape index (κ2) is 13.0. The van der Waals surface area contributed by atoms with Crippen LogP contribution in [0, 0.1) is 0 Å². The van der Waals surface area contributed by atoms with E-state index in [1.807, 2.05) is 6.07 Å². The number of ether oxygens (including phenoxy) is 2. The summed E-state index contributed by atoms with van der Waals surface area (Å²) in [5, 5.41) is 3.03.